The van der Waals surface area contributed by atoms with Crippen molar-refractivity contribution in [3.05, 3.63) is 0 Å². The van der Waals surface area contributed by atoms with E-state index in [1.807, 2.05) is 6.92 Å². The molecule has 0 saturated carbocycles. The van der Waals surface area contributed by atoms with Crippen LogP contribution in [0.1, 0.15) is 40.0 Å². The molecular formula is C15H32N2O2. The van der Waals surface area contributed by atoms with Crippen molar-refractivity contribution in [2.45, 2.75) is 51.7 Å². The van der Waals surface area contributed by atoms with Crippen LogP contribution in [0.4, 0.5) is 0 Å². The van der Waals surface area contributed by atoms with Crippen molar-refractivity contribution < 1.29 is 9.84 Å². The molecule has 1 rings (SSSR count). The summed E-state index contributed by atoms with van der Waals surface area (Å²) in [5, 5.41) is 13.9. The Hall–Kier alpha value is -0.160. The molecule has 1 heterocycles. The molecule has 114 valence electrons. The zero-order valence-electron chi connectivity index (χ0n) is 13.1. The number of aliphatic hydroxyl groups is 1. The van der Waals surface area contributed by atoms with Crippen molar-refractivity contribution in [3.8, 4) is 0 Å². The molecule has 0 aliphatic carbocycles. The summed E-state index contributed by atoms with van der Waals surface area (Å²) in [4.78, 5) is 2.46. The summed E-state index contributed by atoms with van der Waals surface area (Å²) in [5.74, 6) is 0.288. The van der Waals surface area contributed by atoms with Crippen molar-refractivity contribution in [2.24, 2.45) is 5.92 Å². The SMILES string of the molecule is COCCNCC1CCCCN1CC(C)(O)C(C)C. The zero-order valence-corrected chi connectivity index (χ0v) is 13.1. The van der Waals surface area contributed by atoms with E-state index in [-0.39, 0.29) is 5.92 Å². The second-order valence-electron chi connectivity index (χ2n) is 6.33. The molecule has 2 atom stereocenters. The van der Waals surface area contributed by atoms with Gasteiger partial charge >= 0.3 is 0 Å². The normalized spacial score (nSPS) is 24.6. The summed E-state index contributed by atoms with van der Waals surface area (Å²) < 4.78 is 5.05. The lowest BCUT2D eigenvalue weighted by molar-refractivity contribution is -0.0357. The molecule has 19 heavy (non-hydrogen) atoms. The van der Waals surface area contributed by atoms with E-state index in [4.69, 9.17) is 4.74 Å². The number of nitrogens with zero attached hydrogens (tertiary/aromatic N) is 1. The van der Waals surface area contributed by atoms with Crippen molar-refractivity contribution in [1.29, 1.82) is 0 Å². The molecule has 0 aromatic heterocycles. The minimum absolute atomic E-state index is 0.288. The van der Waals surface area contributed by atoms with Gasteiger partial charge in [0.05, 0.1) is 12.2 Å². The van der Waals surface area contributed by atoms with Crippen LogP contribution < -0.4 is 5.32 Å². The fraction of sp³-hybridized carbons (Fsp3) is 1.00. The third-order valence-corrected chi connectivity index (χ3v) is 4.38. The van der Waals surface area contributed by atoms with Gasteiger partial charge in [0, 0.05) is 32.8 Å². The zero-order chi connectivity index (χ0) is 14.3. The van der Waals surface area contributed by atoms with E-state index in [0.29, 0.717) is 6.04 Å². The average molecular weight is 272 g/mol. The second-order valence-corrected chi connectivity index (χ2v) is 6.33. The Labute approximate surface area is 118 Å². The van der Waals surface area contributed by atoms with Gasteiger partial charge < -0.3 is 15.2 Å². The Morgan fingerprint density at radius 2 is 2.16 bits per heavy atom. The van der Waals surface area contributed by atoms with Crippen LogP contribution in [0.15, 0.2) is 0 Å². The largest absolute Gasteiger partial charge is 0.389 e. The van der Waals surface area contributed by atoms with Gasteiger partial charge in [-0.2, -0.15) is 0 Å². The van der Waals surface area contributed by atoms with Crippen LogP contribution in [-0.2, 0) is 4.74 Å². The van der Waals surface area contributed by atoms with E-state index in [0.717, 1.165) is 32.8 Å². The van der Waals surface area contributed by atoms with Crippen molar-refractivity contribution >= 4 is 0 Å². The molecular weight excluding hydrogens is 240 g/mol. The molecule has 1 saturated heterocycles. The fourth-order valence-electron chi connectivity index (χ4n) is 2.54. The van der Waals surface area contributed by atoms with Crippen LogP contribution in [0.2, 0.25) is 0 Å². The first-order chi connectivity index (χ1) is 8.97. The first-order valence-corrected chi connectivity index (χ1v) is 7.63. The first kappa shape index (κ1) is 16.9. The van der Waals surface area contributed by atoms with Crippen LogP contribution in [0.25, 0.3) is 0 Å². The number of rotatable bonds is 8. The molecule has 4 nitrogen and oxygen atoms in total. The fourth-order valence-corrected chi connectivity index (χ4v) is 2.54. The molecule has 0 aromatic rings. The van der Waals surface area contributed by atoms with E-state index >= 15 is 0 Å². The molecule has 4 heteroatoms. The van der Waals surface area contributed by atoms with Crippen LogP contribution in [0, 0.1) is 5.92 Å². The molecule has 2 unspecified atom stereocenters. The predicted molar refractivity (Wildman–Crippen MR) is 79.4 cm³/mol. The molecule has 0 amide bonds. The number of ether oxygens (including phenoxy) is 1. The standard InChI is InChI=1S/C15H32N2O2/c1-13(2)15(3,18)12-17-9-6-5-7-14(17)11-16-8-10-19-4/h13-14,16,18H,5-12H2,1-4H3. The highest BCUT2D eigenvalue weighted by molar-refractivity contribution is 4.86. The van der Waals surface area contributed by atoms with Gasteiger partial charge in [0.1, 0.15) is 0 Å². The Balaban J connectivity index is 2.43. The van der Waals surface area contributed by atoms with E-state index in [1.165, 1.54) is 19.3 Å². The van der Waals surface area contributed by atoms with Gasteiger partial charge in [0.15, 0.2) is 0 Å². The van der Waals surface area contributed by atoms with Gasteiger partial charge in [-0.25, -0.2) is 0 Å². The smallest absolute Gasteiger partial charge is 0.0768 e. The van der Waals surface area contributed by atoms with Crippen molar-refractivity contribution in [1.82, 2.24) is 10.2 Å². The number of piperidine rings is 1. The predicted octanol–water partition coefficient (Wildman–Crippen LogP) is 1.48. The summed E-state index contributed by atoms with van der Waals surface area (Å²) in [7, 11) is 1.73. The Morgan fingerprint density at radius 1 is 1.42 bits per heavy atom. The number of hydrogen-bond donors (Lipinski definition) is 2. The molecule has 1 aliphatic rings. The lowest BCUT2D eigenvalue weighted by atomic mass is 9.90. The van der Waals surface area contributed by atoms with E-state index in [1.54, 1.807) is 7.11 Å². The van der Waals surface area contributed by atoms with Crippen molar-refractivity contribution in [2.75, 3.05) is 39.9 Å². The number of β-amino-alcohol motifs (C(OH)–C–C–N with tert-alkyl or cyclic N) is 1. The van der Waals surface area contributed by atoms with Gasteiger partial charge in [0.2, 0.25) is 0 Å². The quantitative estimate of drug-likeness (QED) is 0.657. The molecule has 0 radical (unpaired) electrons. The van der Waals surface area contributed by atoms with Gasteiger partial charge in [-0.3, -0.25) is 4.90 Å². The molecule has 0 aromatic carbocycles. The van der Waals surface area contributed by atoms with Gasteiger partial charge in [-0.15, -0.1) is 0 Å². The molecule has 0 spiro atoms. The third kappa shape index (κ3) is 5.78. The number of likely N-dealkylation sites (tertiary alicyclic amines) is 1. The van der Waals surface area contributed by atoms with Crippen LogP contribution in [-0.4, -0.2) is 61.5 Å². The van der Waals surface area contributed by atoms with Crippen LogP contribution in [0.5, 0.6) is 0 Å². The summed E-state index contributed by atoms with van der Waals surface area (Å²) in [6, 6.07) is 0.552. The number of nitrogens with one attached hydrogen (secondary N) is 1. The molecule has 0 bridgehead atoms. The van der Waals surface area contributed by atoms with Crippen LogP contribution in [0.3, 0.4) is 0 Å². The monoisotopic (exact) mass is 272 g/mol. The van der Waals surface area contributed by atoms with Gasteiger partial charge in [-0.1, -0.05) is 20.3 Å². The maximum Gasteiger partial charge on any atom is 0.0768 e. The Bertz CT molecular complexity index is 244. The molecule has 2 N–H and O–H groups in total. The highest BCUT2D eigenvalue weighted by Crippen LogP contribution is 2.23. The molecule has 1 aliphatic heterocycles. The maximum absolute atomic E-state index is 10.5. The van der Waals surface area contributed by atoms with Crippen LogP contribution >= 0.6 is 0 Å². The third-order valence-electron chi connectivity index (χ3n) is 4.38. The topological polar surface area (TPSA) is 44.7 Å². The minimum Gasteiger partial charge on any atom is -0.389 e. The summed E-state index contributed by atoms with van der Waals surface area (Å²) in [5.41, 5.74) is -0.595. The summed E-state index contributed by atoms with van der Waals surface area (Å²) in [6.07, 6.45) is 3.79. The minimum atomic E-state index is -0.595. The second kappa shape index (κ2) is 8.20. The number of methoxy groups -OCH3 is 1. The maximum atomic E-state index is 10.5. The van der Waals surface area contributed by atoms with E-state index < -0.39 is 5.60 Å². The number of hydrogen-bond acceptors (Lipinski definition) is 4. The highest BCUT2D eigenvalue weighted by Gasteiger charge is 2.31. The lowest BCUT2D eigenvalue weighted by Gasteiger charge is -2.41. The highest BCUT2D eigenvalue weighted by atomic mass is 16.5. The Morgan fingerprint density at radius 3 is 2.79 bits per heavy atom. The summed E-state index contributed by atoms with van der Waals surface area (Å²) >= 11 is 0. The Kier molecular flexibility index (Phi) is 7.29. The first-order valence-electron chi connectivity index (χ1n) is 7.63. The average Bonchev–Trinajstić information content (AvgIpc) is 2.36. The lowest BCUT2D eigenvalue weighted by Crippen LogP contribution is -2.53. The summed E-state index contributed by atoms with van der Waals surface area (Å²) in [6.45, 7) is 10.7. The van der Waals surface area contributed by atoms with Gasteiger partial charge in [0.25, 0.3) is 0 Å². The van der Waals surface area contributed by atoms with Crippen molar-refractivity contribution in [3.63, 3.8) is 0 Å². The van der Waals surface area contributed by atoms with E-state index in [9.17, 15) is 5.11 Å². The molecule has 1 fully saturated rings. The van der Waals surface area contributed by atoms with E-state index in [2.05, 4.69) is 24.1 Å². The van der Waals surface area contributed by atoms with Gasteiger partial charge in [-0.05, 0) is 32.2 Å².